The number of amides is 1. The lowest BCUT2D eigenvalue weighted by Gasteiger charge is -2.07. The van der Waals surface area contributed by atoms with Crippen molar-refractivity contribution in [1.82, 2.24) is 9.97 Å². The first kappa shape index (κ1) is 14.5. The van der Waals surface area contributed by atoms with Gasteiger partial charge in [-0.25, -0.2) is 14.4 Å². The van der Waals surface area contributed by atoms with Gasteiger partial charge in [-0.05, 0) is 12.1 Å². The normalized spacial score (nSPS) is 10.2. The molecule has 1 amide bonds. The van der Waals surface area contributed by atoms with Crippen molar-refractivity contribution in [2.45, 2.75) is 0 Å². The van der Waals surface area contributed by atoms with Gasteiger partial charge in [0.05, 0.1) is 22.4 Å². The lowest BCUT2D eigenvalue weighted by atomic mass is 10.3. The quantitative estimate of drug-likeness (QED) is 0.854. The van der Waals surface area contributed by atoms with E-state index in [0.717, 1.165) is 0 Å². The number of carbonyl (C=O) groups is 1. The molecule has 8 heteroatoms. The number of halogens is 3. The zero-order valence-electron chi connectivity index (χ0n) is 10.2. The van der Waals surface area contributed by atoms with Crippen molar-refractivity contribution in [3.63, 3.8) is 0 Å². The number of rotatable bonds is 3. The standard InChI is InChI=1S/C12H9Cl2FN4O/c1-16-10-5-17-9(4-18-10)12(20)19-6-2-7(13)11(15)8(14)3-6/h2-5H,1H3,(H,16,18)(H,19,20). The molecule has 0 aliphatic heterocycles. The first-order valence-electron chi connectivity index (χ1n) is 5.47. The Bertz CT molecular complexity index is 625. The second-order valence-corrected chi connectivity index (χ2v) is 4.56. The SMILES string of the molecule is CNc1cnc(C(=O)Nc2cc(Cl)c(F)c(Cl)c2)cn1. The van der Waals surface area contributed by atoms with E-state index in [1.807, 2.05) is 0 Å². The van der Waals surface area contributed by atoms with Gasteiger partial charge in [0.15, 0.2) is 5.82 Å². The predicted molar refractivity (Wildman–Crippen MR) is 76.0 cm³/mol. The average Bonchev–Trinajstić information content (AvgIpc) is 2.44. The number of carbonyl (C=O) groups excluding carboxylic acids is 1. The maximum atomic E-state index is 13.2. The van der Waals surface area contributed by atoms with Crippen LogP contribution in [0.25, 0.3) is 0 Å². The Balaban J connectivity index is 2.18. The smallest absolute Gasteiger partial charge is 0.275 e. The molecule has 20 heavy (non-hydrogen) atoms. The van der Waals surface area contributed by atoms with Crippen LogP contribution in [0.1, 0.15) is 10.5 Å². The summed E-state index contributed by atoms with van der Waals surface area (Å²) in [6, 6.07) is 2.52. The van der Waals surface area contributed by atoms with E-state index in [9.17, 15) is 9.18 Å². The highest BCUT2D eigenvalue weighted by molar-refractivity contribution is 6.35. The molecule has 5 nitrogen and oxygen atoms in total. The molecular weight excluding hydrogens is 306 g/mol. The first-order valence-corrected chi connectivity index (χ1v) is 6.22. The molecule has 0 fully saturated rings. The number of aromatic nitrogens is 2. The van der Waals surface area contributed by atoms with Crippen LogP contribution in [0.15, 0.2) is 24.5 Å². The van der Waals surface area contributed by atoms with Gasteiger partial charge in [-0.1, -0.05) is 23.2 Å². The van der Waals surface area contributed by atoms with E-state index in [2.05, 4.69) is 20.6 Å². The average molecular weight is 315 g/mol. The third-order valence-electron chi connectivity index (χ3n) is 2.38. The van der Waals surface area contributed by atoms with Crippen LogP contribution in [0.4, 0.5) is 15.9 Å². The Morgan fingerprint density at radius 3 is 2.35 bits per heavy atom. The van der Waals surface area contributed by atoms with Gasteiger partial charge in [0, 0.05) is 12.7 Å². The van der Waals surface area contributed by atoms with Crippen molar-refractivity contribution in [3.05, 3.63) is 46.1 Å². The highest BCUT2D eigenvalue weighted by atomic mass is 35.5. The largest absolute Gasteiger partial charge is 0.372 e. The van der Waals surface area contributed by atoms with Crippen LogP contribution in [-0.4, -0.2) is 22.9 Å². The van der Waals surface area contributed by atoms with Gasteiger partial charge in [0.25, 0.3) is 5.91 Å². The second-order valence-electron chi connectivity index (χ2n) is 3.74. The molecule has 2 N–H and O–H groups in total. The number of benzene rings is 1. The summed E-state index contributed by atoms with van der Waals surface area (Å²) in [5, 5.41) is 4.94. The molecule has 104 valence electrons. The summed E-state index contributed by atoms with van der Waals surface area (Å²) in [7, 11) is 1.69. The van der Waals surface area contributed by atoms with Gasteiger partial charge in [-0.2, -0.15) is 0 Å². The Hall–Kier alpha value is -1.92. The fourth-order valence-corrected chi connectivity index (χ4v) is 1.88. The summed E-state index contributed by atoms with van der Waals surface area (Å²) in [5.74, 6) is -0.696. The van der Waals surface area contributed by atoms with E-state index < -0.39 is 11.7 Å². The molecule has 0 saturated heterocycles. The number of nitrogens with zero attached hydrogens (tertiary/aromatic N) is 2. The molecular formula is C12H9Cl2FN4O. The minimum atomic E-state index is -0.732. The summed E-state index contributed by atoms with van der Waals surface area (Å²) < 4.78 is 13.2. The molecule has 0 bridgehead atoms. The lowest BCUT2D eigenvalue weighted by Crippen LogP contribution is -2.14. The highest BCUT2D eigenvalue weighted by Crippen LogP contribution is 2.27. The van der Waals surface area contributed by atoms with Gasteiger partial charge in [-0.3, -0.25) is 4.79 Å². The lowest BCUT2D eigenvalue weighted by molar-refractivity contribution is 0.102. The van der Waals surface area contributed by atoms with Crippen LogP contribution >= 0.6 is 23.2 Å². The Morgan fingerprint density at radius 1 is 1.20 bits per heavy atom. The Morgan fingerprint density at radius 2 is 1.85 bits per heavy atom. The van der Waals surface area contributed by atoms with Crippen LogP contribution in [-0.2, 0) is 0 Å². The molecule has 0 unspecified atom stereocenters. The van der Waals surface area contributed by atoms with Crippen LogP contribution < -0.4 is 10.6 Å². The van der Waals surface area contributed by atoms with Crippen LogP contribution in [0, 0.1) is 5.82 Å². The molecule has 1 aromatic heterocycles. The number of anilines is 2. The first-order chi connectivity index (χ1) is 9.51. The Labute approximate surface area is 124 Å². The van der Waals surface area contributed by atoms with Crippen molar-refractivity contribution in [2.24, 2.45) is 0 Å². The topological polar surface area (TPSA) is 66.9 Å². The van der Waals surface area contributed by atoms with Crippen LogP contribution in [0.2, 0.25) is 10.0 Å². The minimum Gasteiger partial charge on any atom is -0.372 e. The zero-order chi connectivity index (χ0) is 14.7. The molecule has 2 aromatic rings. The molecule has 0 atom stereocenters. The molecule has 0 aliphatic rings. The molecule has 0 aliphatic carbocycles. The summed E-state index contributed by atoms with van der Waals surface area (Å²) in [4.78, 5) is 19.8. The van der Waals surface area contributed by atoms with Gasteiger partial charge in [0.2, 0.25) is 0 Å². The summed E-state index contributed by atoms with van der Waals surface area (Å²) >= 11 is 11.3. The van der Waals surface area contributed by atoms with Crippen molar-refractivity contribution in [1.29, 1.82) is 0 Å². The number of nitrogens with one attached hydrogen (secondary N) is 2. The fourth-order valence-electron chi connectivity index (χ4n) is 1.40. The number of hydrogen-bond acceptors (Lipinski definition) is 4. The van der Waals surface area contributed by atoms with Gasteiger partial charge >= 0.3 is 0 Å². The maximum absolute atomic E-state index is 13.2. The number of hydrogen-bond donors (Lipinski definition) is 2. The molecule has 1 aromatic carbocycles. The van der Waals surface area contributed by atoms with E-state index in [-0.39, 0.29) is 21.4 Å². The minimum absolute atomic E-state index is 0.112. The van der Waals surface area contributed by atoms with E-state index >= 15 is 0 Å². The summed E-state index contributed by atoms with van der Waals surface area (Å²) in [6.45, 7) is 0. The highest BCUT2D eigenvalue weighted by Gasteiger charge is 2.12. The molecule has 0 spiro atoms. The summed E-state index contributed by atoms with van der Waals surface area (Å²) in [6.07, 6.45) is 2.73. The third kappa shape index (κ3) is 3.15. The van der Waals surface area contributed by atoms with Crippen molar-refractivity contribution >= 4 is 40.6 Å². The molecule has 2 rings (SSSR count). The zero-order valence-corrected chi connectivity index (χ0v) is 11.8. The predicted octanol–water partition coefficient (Wildman–Crippen LogP) is 3.22. The fraction of sp³-hybridized carbons (Fsp3) is 0.0833. The third-order valence-corrected chi connectivity index (χ3v) is 2.93. The summed E-state index contributed by atoms with van der Waals surface area (Å²) in [5.41, 5.74) is 0.381. The van der Waals surface area contributed by atoms with Crippen molar-refractivity contribution in [3.8, 4) is 0 Å². The van der Waals surface area contributed by atoms with E-state index in [0.29, 0.717) is 5.82 Å². The molecule has 0 saturated carbocycles. The maximum Gasteiger partial charge on any atom is 0.275 e. The van der Waals surface area contributed by atoms with E-state index in [1.54, 1.807) is 7.05 Å². The molecule has 1 heterocycles. The van der Waals surface area contributed by atoms with Gasteiger partial charge in [0.1, 0.15) is 11.5 Å². The van der Waals surface area contributed by atoms with Gasteiger partial charge in [-0.15, -0.1) is 0 Å². The monoisotopic (exact) mass is 314 g/mol. The van der Waals surface area contributed by atoms with Crippen LogP contribution in [0.3, 0.4) is 0 Å². The van der Waals surface area contributed by atoms with Crippen molar-refractivity contribution < 1.29 is 9.18 Å². The Kier molecular flexibility index (Phi) is 4.36. The molecule has 0 radical (unpaired) electrons. The second kappa shape index (κ2) is 6.02. The van der Waals surface area contributed by atoms with Crippen LogP contribution in [0.5, 0.6) is 0 Å². The van der Waals surface area contributed by atoms with Crippen molar-refractivity contribution in [2.75, 3.05) is 17.7 Å². The van der Waals surface area contributed by atoms with E-state index in [1.165, 1.54) is 24.5 Å². The van der Waals surface area contributed by atoms with E-state index in [4.69, 9.17) is 23.2 Å². The van der Waals surface area contributed by atoms with Gasteiger partial charge < -0.3 is 10.6 Å².